The van der Waals surface area contributed by atoms with E-state index in [2.05, 4.69) is 59.6 Å². The molecule has 0 amide bonds. The number of rotatable bonds is 4. The van der Waals surface area contributed by atoms with E-state index in [4.69, 9.17) is 0 Å². The molecule has 1 aromatic carbocycles. The summed E-state index contributed by atoms with van der Waals surface area (Å²) in [6.07, 6.45) is 2.59. The number of hydrogen-bond acceptors (Lipinski definition) is 3. The quantitative estimate of drug-likeness (QED) is 0.784. The van der Waals surface area contributed by atoms with E-state index in [0.29, 0.717) is 0 Å². The zero-order chi connectivity index (χ0) is 13.9. The summed E-state index contributed by atoms with van der Waals surface area (Å²) in [5.41, 5.74) is 3.33. The summed E-state index contributed by atoms with van der Waals surface area (Å²) in [6.45, 7) is 4.25. The molecule has 3 rings (SSSR count). The Morgan fingerprint density at radius 3 is 2.75 bits per heavy atom. The third-order valence-electron chi connectivity index (χ3n) is 3.46. The fourth-order valence-corrected chi connectivity index (χ4v) is 2.44. The van der Waals surface area contributed by atoms with Gasteiger partial charge in [0.05, 0.1) is 6.04 Å². The van der Waals surface area contributed by atoms with Gasteiger partial charge in [0.25, 0.3) is 0 Å². The number of benzene rings is 1. The number of aromatic nitrogens is 3. The van der Waals surface area contributed by atoms with Crippen molar-refractivity contribution in [1.29, 1.82) is 0 Å². The largest absolute Gasteiger partial charge is 0.363 e. The maximum absolute atomic E-state index is 4.28. The SMILES string of the molecule is CCC(Nc1cc(C)cc2ncnn12)c1ccccc1. The monoisotopic (exact) mass is 266 g/mol. The second-order valence-electron chi connectivity index (χ2n) is 4.96. The molecule has 0 radical (unpaired) electrons. The summed E-state index contributed by atoms with van der Waals surface area (Å²) >= 11 is 0. The maximum atomic E-state index is 4.28. The van der Waals surface area contributed by atoms with Crippen molar-refractivity contribution in [2.75, 3.05) is 5.32 Å². The topological polar surface area (TPSA) is 42.2 Å². The average Bonchev–Trinajstić information content (AvgIpc) is 2.93. The maximum Gasteiger partial charge on any atom is 0.157 e. The van der Waals surface area contributed by atoms with Crippen molar-refractivity contribution in [1.82, 2.24) is 14.6 Å². The fraction of sp³-hybridized carbons (Fsp3) is 0.250. The molecule has 3 aromatic rings. The number of nitrogens with one attached hydrogen (secondary N) is 1. The number of aryl methyl sites for hydroxylation is 1. The standard InChI is InChI=1S/C16H18N4/c1-3-14(13-7-5-4-6-8-13)19-16-10-12(2)9-15-17-11-18-20(15)16/h4-11,14,19H,3H2,1-2H3. The second-order valence-corrected chi connectivity index (χ2v) is 4.96. The summed E-state index contributed by atoms with van der Waals surface area (Å²) in [5, 5.41) is 7.86. The predicted octanol–water partition coefficient (Wildman–Crippen LogP) is 3.60. The molecule has 0 saturated heterocycles. The molecule has 1 N–H and O–H groups in total. The van der Waals surface area contributed by atoms with Crippen LogP contribution in [0.15, 0.2) is 48.8 Å². The van der Waals surface area contributed by atoms with Gasteiger partial charge in [0.2, 0.25) is 0 Å². The van der Waals surface area contributed by atoms with Gasteiger partial charge in [-0.15, -0.1) is 0 Å². The van der Waals surface area contributed by atoms with Gasteiger partial charge < -0.3 is 5.32 Å². The molecule has 1 atom stereocenters. The molecule has 0 bridgehead atoms. The van der Waals surface area contributed by atoms with Gasteiger partial charge in [-0.05, 0) is 36.6 Å². The highest BCUT2D eigenvalue weighted by atomic mass is 15.3. The summed E-state index contributed by atoms with van der Waals surface area (Å²) in [4.78, 5) is 4.26. The molecular weight excluding hydrogens is 248 g/mol. The highest BCUT2D eigenvalue weighted by Crippen LogP contribution is 2.23. The van der Waals surface area contributed by atoms with Gasteiger partial charge >= 0.3 is 0 Å². The first-order valence-corrected chi connectivity index (χ1v) is 6.90. The summed E-state index contributed by atoms with van der Waals surface area (Å²) in [5.74, 6) is 0.980. The van der Waals surface area contributed by atoms with E-state index < -0.39 is 0 Å². The minimum absolute atomic E-state index is 0.269. The van der Waals surface area contributed by atoms with Crippen molar-refractivity contribution < 1.29 is 0 Å². The normalized spacial score (nSPS) is 12.5. The Hall–Kier alpha value is -2.36. The molecule has 4 nitrogen and oxygen atoms in total. The molecule has 2 aromatic heterocycles. The second kappa shape index (κ2) is 5.33. The molecule has 0 aliphatic heterocycles. The van der Waals surface area contributed by atoms with Crippen molar-refractivity contribution in [3.63, 3.8) is 0 Å². The van der Waals surface area contributed by atoms with Crippen LogP contribution in [-0.4, -0.2) is 14.6 Å². The van der Waals surface area contributed by atoms with E-state index >= 15 is 0 Å². The Labute approximate surface area is 118 Å². The third kappa shape index (κ3) is 2.37. The van der Waals surface area contributed by atoms with Crippen LogP contribution in [0.3, 0.4) is 0 Å². The van der Waals surface area contributed by atoms with Crippen LogP contribution in [0.4, 0.5) is 5.82 Å². The first-order chi connectivity index (χ1) is 9.78. The van der Waals surface area contributed by atoms with Crippen LogP contribution in [0.5, 0.6) is 0 Å². The Morgan fingerprint density at radius 1 is 1.20 bits per heavy atom. The van der Waals surface area contributed by atoms with Crippen LogP contribution in [0.25, 0.3) is 5.65 Å². The van der Waals surface area contributed by atoms with Crippen LogP contribution >= 0.6 is 0 Å². The van der Waals surface area contributed by atoms with Crippen LogP contribution in [0, 0.1) is 6.92 Å². The predicted molar refractivity (Wildman–Crippen MR) is 80.8 cm³/mol. The number of fused-ring (bicyclic) bond motifs is 1. The lowest BCUT2D eigenvalue weighted by molar-refractivity contribution is 0.736. The van der Waals surface area contributed by atoms with Gasteiger partial charge in [-0.25, -0.2) is 4.98 Å². The molecule has 0 aliphatic rings. The minimum atomic E-state index is 0.269. The first-order valence-electron chi connectivity index (χ1n) is 6.90. The Morgan fingerprint density at radius 2 is 2.00 bits per heavy atom. The van der Waals surface area contributed by atoms with Crippen molar-refractivity contribution in [2.45, 2.75) is 26.3 Å². The van der Waals surface area contributed by atoms with E-state index in [-0.39, 0.29) is 6.04 Å². The Kier molecular flexibility index (Phi) is 3.37. The number of nitrogens with zero attached hydrogens (tertiary/aromatic N) is 3. The molecule has 1 unspecified atom stereocenters. The van der Waals surface area contributed by atoms with Crippen LogP contribution < -0.4 is 5.32 Å². The van der Waals surface area contributed by atoms with E-state index in [1.807, 2.05) is 16.6 Å². The lowest BCUT2D eigenvalue weighted by Gasteiger charge is -2.19. The lowest BCUT2D eigenvalue weighted by atomic mass is 10.0. The number of anilines is 1. The molecule has 0 saturated carbocycles. The van der Waals surface area contributed by atoms with Gasteiger partial charge in [0, 0.05) is 0 Å². The van der Waals surface area contributed by atoms with E-state index in [1.54, 1.807) is 6.33 Å². The summed E-state index contributed by atoms with van der Waals surface area (Å²) < 4.78 is 1.85. The van der Waals surface area contributed by atoms with E-state index in [1.165, 1.54) is 11.1 Å². The molecule has 2 heterocycles. The van der Waals surface area contributed by atoms with Gasteiger partial charge in [0.1, 0.15) is 12.1 Å². The highest BCUT2D eigenvalue weighted by Gasteiger charge is 2.11. The highest BCUT2D eigenvalue weighted by molar-refractivity contribution is 5.52. The van der Waals surface area contributed by atoms with Crippen LogP contribution in [0.2, 0.25) is 0 Å². The van der Waals surface area contributed by atoms with E-state index in [0.717, 1.165) is 17.9 Å². The molecule has 102 valence electrons. The van der Waals surface area contributed by atoms with E-state index in [9.17, 15) is 0 Å². The molecule has 0 aliphatic carbocycles. The zero-order valence-electron chi connectivity index (χ0n) is 11.7. The van der Waals surface area contributed by atoms with Gasteiger partial charge in [0.15, 0.2) is 5.65 Å². The average molecular weight is 266 g/mol. The van der Waals surface area contributed by atoms with Gasteiger partial charge in [-0.3, -0.25) is 0 Å². The fourth-order valence-electron chi connectivity index (χ4n) is 2.44. The van der Waals surface area contributed by atoms with Crippen molar-refractivity contribution in [3.8, 4) is 0 Å². The van der Waals surface area contributed by atoms with Crippen molar-refractivity contribution in [3.05, 3.63) is 59.9 Å². The van der Waals surface area contributed by atoms with Crippen molar-refractivity contribution in [2.24, 2.45) is 0 Å². The summed E-state index contributed by atoms with van der Waals surface area (Å²) in [7, 11) is 0. The molecule has 0 spiro atoms. The zero-order valence-corrected chi connectivity index (χ0v) is 11.7. The Balaban J connectivity index is 1.97. The van der Waals surface area contributed by atoms with Crippen LogP contribution in [-0.2, 0) is 0 Å². The van der Waals surface area contributed by atoms with Gasteiger partial charge in [-0.1, -0.05) is 37.3 Å². The van der Waals surface area contributed by atoms with Gasteiger partial charge in [-0.2, -0.15) is 9.61 Å². The first kappa shape index (κ1) is 12.7. The smallest absolute Gasteiger partial charge is 0.157 e. The molecular formula is C16H18N4. The third-order valence-corrected chi connectivity index (χ3v) is 3.46. The van der Waals surface area contributed by atoms with Crippen LogP contribution in [0.1, 0.15) is 30.5 Å². The molecule has 4 heteroatoms. The lowest BCUT2D eigenvalue weighted by Crippen LogP contribution is -2.12. The Bertz CT molecular complexity index is 703. The number of pyridine rings is 1. The summed E-state index contributed by atoms with van der Waals surface area (Å²) in [6, 6.07) is 14.9. The molecule has 0 fully saturated rings. The minimum Gasteiger partial charge on any atom is -0.363 e. The van der Waals surface area contributed by atoms with Crippen molar-refractivity contribution >= 4 is 11.5 Å². The number of hydrogen-bond donors (Lipinski definition) is 1. The molecule has 20 heavy (non-hydrogen) atoms.